The summed E-state index contributed by atoms with van der Waals surface area (Å²) in [5.74, 6) is -0.0373. The van der Waals surface area contributed by atoms with E-state index in [-0.39, 0.29) is 36.7 Å². The second-order valence-electron chi connectivity index (χ2n) is 10.0. The third kappa shape index (κ3) is 4.38. The van der Waals surface area contributed by atoms with E-state index in [9.17, 15) is 14.4 Å². The predicted octanol–water partition coefficient (Wildman–Crippen LogP) is 3.16. The highest BCUT2D eigenvalue weighted by Gasteiger charge is 2.53. The Morgan fingerprint density at radius 2 is 2.00 bits per heavy atom. The summed E-state index contributed by atoms with van der Waals surface area (Å²) in [6.45, 7) is 0.227. The fraction of sp³-hybridized carbons (Fsp3) is 0.560. The molecule has 4 atom stereocenters. The SMILES string of the molecule is O=C(N[C@H](C(=O)N1C[C@H](Cl)[C@H]2OCC(=O)[C@H]21)C1CCCC1)c1ccc(-c2cc(C3CC3)cnn2)s1. The van der Waals surface area contributed by atoms with Gasteiger partial charge in [-0.25, -0.2) is 0 Å². The van der Waals surface area contributed by atoms with Gasteiger partial charge in [0.25, 0.3) is 5.91 Å². The zero-order chi connectivity index (χ0) is 24.1. The largest absolute Gasteiger partial charge is 0.366 e. The molecule has 6 rings (SSSR count). The van der Waals surface area contributed by atoms with Crippen LogP contribution in [0, 0.1) is 5.92 Å². The maximum Gasteiger partial charge on any atom is 0.262 e. The van der Waals surface area contributed by atoms with E-state index in [0.29, 0.717) is 10.8 Å². The van der Waals surface area contributed by atoms with E-state index in [1.54, 1.807) is 11.0 Å². The highest BCUT2D eigenvalue weighted by Crippen LogP contribution is 2.41. The van der Waals surface area contributed by atoms with Gasteiger partial charge in [0.05, 0.1) is 21.3 Å². The topological polar surface area (TPSA) is 101 Å². The van der Waals surface area contributed by atoms with Crippen molar-refractivity contribution in [2.45, 2.75) is 68.0 Å². The van der Waals surface area contributed by atoms with Gasteiger partial charge < -0.3 is 15.0 Å². The van der Waals surface area contributed by atoms with Crippen molar-refractivity contribution >= 4 is 40.5 Å². The number of carbonyl (C=O) groups excluding carboxylic acids is 3. The molecule has 0 bridgehead atoms. The fourth-order valence-corrected chi connectivity index (χ4v) is 6.85. The Morgan fingerprint density at radius 1 is 1.20 bits per heavy atom. The summed E-state index contributed by atoms with van der Waals surface area (Å²) in [4.78, 5) is 42.4. The minimum atomic E-state index is -0.690. The van der Waals surface area contributed by atoms with Gasteiger partial charge in [-0.3, -0.25) is 14.4 Å². The lowest BCUT2D eigenvalue weighted by Crippen LogP contribution is -2.54. The number of hydrogen-bond acceptors (Lipinski definition) is 7. The maximum atomic E-state index is 13.7. The Balaban J connectivity index is 1.21. The first-order chi connectivity index (χ1) is 17.0. The van der Waals surface area contributed by atoms with Crippen LogP contribution in [0.15, 0.2) is 24.4 Å². The van der Waals surface area contributed by atoms with Gasteiger partial charge in [0.15, 0.2) is 5.78 Å². The minimum absolute atomic E-state index is 0.0222. The number of rotatable bonds is 6. The van der Waals surface area contributed by atoms with E-state index in [0.717, 1.165) is 36.3 Å². The van der Waals surface area contributed by atoms with Crippen molar-refractivity contribution in [3.05, 3.63) is 34.8 Å². The molecule has 2 aromatic heterocycles. The number of carbonyl (C=O) groups is 3. The standard InChI is InChI=1S/C25H27ClN4O4S/c26-16-11-30(22-18(31)12-34-23(16)22)25(33)21(14-3-1-2-4-14)28-24(32)20-8-7-19(35-20)17-9-15(10-27-29-17)13-5-6-13/h7-10,13-14,16,21-23H,1-6,11-12H2,(H,28,32)/t16-,21-,22+,23+/m0/s1. The van der Waals surface area contributed by atoms with Gasteiger partial charge in [0.2, 0.25) is 5.91 Å². The monoisotopic (exact) mass is 514 g/mol. The molecule has 1 N–H and O–H groups in total. The lowest BCUT2D eigenvalue weighted by atomic mass is 9.96. The van der Waals surface area contributed by atoms with Crippen LogP contribution in [0.3, 0.4) is 0 Å². The van der Waals surface area contributed by atoms with Crippen molar-refractivity contribution in [1.82, 2.24) is 20.4 Å². The number of alkyl halides is 1. The summed E-state index contributed by atoms with van der Waals surface area (Å²) in [7, 11) is 0. The first-order valence-corrected chi connectivity index (χ1v) is 13.6. The highest BCUT2D eigenvalue weighted by molar-refractivity contribution is 7.17. The van der Waals surface area contributed by atoms with Gasteiger partial charge in [0, 0.05) is 6.54 Å². The molecule has 10 heteroatoms. The number of likely N-dealkylation sites (tertiary alicyclic amines) is 1. The number of halogens is 1. The van der Waals surface area contributed by atoms with Crippen LogP contribution in [0.4, 0.5) is 0 Å². The van der Waals surface area contributed by atoms with Gasteiger partial charge in [-0.2, -0.15) is 5.10 Å². The van der Waals surface area contributed by atoms with Crippen molar-refractivity contribution in [3.63, 3.8) is 0 Å². The van der Waals surface area contributed by atoms with E-state index in [1.165, 1.54) is 29.7 Å². The number of hydrogen-bond donors (Lipinski definition) is 1. The molecule has 2 aliphatic heterocycles. The first kappa shape index (κ1) is 23.1. The minimum Gasteiger partial charge on any atom is -0.366 e. The molecule has 35 heavy (non-hydrogen) atoms. The molecule has 4 aliphatic rings. The van der Waals surface area contributed by atoms with Crippen LogP contribution in [0.1, 0.15) is 59.7 Å². The summed E-state index contributed by atoms with van der Waals surface area (Å²) in [6, 6.07) is 4.35. The zero-order valence-electron chi connectivity index (χ0n) is 19.2. The summed E-state index contributed by atoms with van der Waals surface area (Å²) in [6.07, 6.45) is 7.49. The number of aromatic nitrogens is 2. The average Bonchev–Trinajstić information content (AvgIpc) is 3.25. The quantitative estimate of drug-likeness (QED) is 0.594. The lowest BCUT2D eigenvalue weighted by molar-refractivity contribution is -0.139. The van der Waals surface area contributed by atoms with E-state index >= 15 is 0 Å². The number of fused-ring (bicyclic) bond motifs is 1. The molecule has 0 spiro atoms. The molecule has 2 aromatic rings. The molecule has 2 amide bonds. The molecule has 4 heterocycles. The second kappa shape index (κ2) is 9.26. The zero-order valence-corrected chi connectivity index (χ0v) is 20.8. The molecule has 4 fully saturated rings. The number of nitrogens with one attached hydrogen (secondary N) is 1. The molecule has 0 aromatic carbocycles. The normalized spacial score (nSPS) is 27.3. The second-order valence-corrected chi connectivity index (χ2v) is 11.6. The molecule has 8 nitrogen and oxygen atoms in total. The van der Waals surface area contributed by atoms with Gasteiger partial charge >= 0.3 is 0 Å². The van der Waals surface area contributed by atoms with Gasteiger partial charge in [-0.15, -0.1) is 28.0 Å². The predicted molar refractivity (Wildman–Crippen MR) is 130 cm³/mol. The van der Waals surface area contributed by atoms with Crippen LogP contribution in [0.2, 0.25) is 0 Å². The smallest absolute Gasteiger partial charge is 0.262 e. The van der Waals surface area contributed by atoms with Crippen LogP contribution in [-0.4, -0.2) is 69.4 Å². The van der Waals surface area contributed by atoms with E-state index < -0.39 is 23.6 Å². The van der Waals surface area contributed by atoms with Crippen molar-refractivity contribution in [2.75, 3.05) is 13.2 Å². The molecule has 0 unspecified atom stereocenters. The van der Waals surface area contributed by atoms with E-state index in [4.69, 9.17) is 16.3 Å². The number of amides is 2. The molecule has 2 saturated heterocycles. The fourth-order valence-electron chi connectivity index (χ4n) is 5.63. The van der Waals surface area contributed by atoms with Crippen molar-refractivity contribution in [1.29, 1.82) is 0 Å². The number of nitrogens with zero attached hydrogens (tertiary/aromatic N) is 3. The Labute approximate surface area is 212 Å². The molecular formula is C25H27ClN4O4S. The van der Waals surface area contributed by atoms with Crippen LogP contribution >= 0.6 is 22.9 Å². The Morgan fingerprint density at radius 3 is 2.77 bits per heavy atom. The van der Waals surface area contributed by atoms with Gasteiger partial charge in [-0.05, 0) is 61.3 Å². The Kier molecular flexibility index (Phi) is 6.10. The van der Waals surface area contributed by atoms with Crippen molar-refractivity contribution in [2.24, 2.45) is 5.92 Å². The molecule has 0 radical (unpaired) electrons. The third-order valence-electron chi connectivity index (χ3n) is 7.64. The lowest BCUT2D eigenvalue weighted by Gasteiger charge is -2.30. The number of ketones is 1. The Bertz CT molecular complexity index is 1160. The van der Waals surface area contributed by atoms with Gasteiger partial charge in [-0.1, -0.05) is 12.8 Å². The number of ether oxygens (including phenoxy) is 1. The third-order valence-corrected chi connectivity index (χ3v) is 9.13. The number of thiophene rings is 1. The summed E-state index contributed by atoms with van der Waals surface area (Å²) < 4.78 is 5.54. The molecule has 2 saturated carbocycles. The molecular weight excluding hydrogens is 488 g/mol. The van der Waals surface area contributed by atoms with E-state index in [1.807, 2.05) is 12.3 Å². The average molecular weight is 515 g/mol. The number of Topliss-reactive ketones (excluding diaryl/α,β-unsaturated/α-hetero) is 1. The van der Waals surface area contributed by atoms with Crippen LogP contribution in [-0.2, 0) is 14.3 Å². The maximum absolute atomic E-state index is 13.7. The first-order valence-electron chi connectivity index (χ1n) is 12.3. The summed E-state index contributed by atoms with van der Waals surface area (Å²) in [5, 5.41) is 11.0. The Hall–Kier alpha value is -2.36. The van der Waals surface area contributed by atoms with Crippen LogP contribution < -0.4 is 5.32 Å². The van der Waals surface area contributed by atoms with E-state index in [2.05, 4.69) is 21.6 Å². The van der Waals surface area contributed by atoms with Crippen molar-refractivity contribution in [3.8, 4) is 10.6 Å². The molecule has 2 aliphatic carbocycles. The molecule has 184 valence electrons. The summed E-state index contributed by atoms with van der Waals surface area (Å²) >= 11 is 7.76. The van der Waals surface area contributed by atoms with Gasteiger partial charge in [0.1, 0.15) is 30.5 Å². The summed E-state index contributed by atoms with van der Waals surface area (Å²) in [5.41, 5.74) is 1.95. The highest BCUT2D eigenvalue weighted by atomic mass is 35.5. The van der Waals surface area contributed by atoms with Crippen molar-refractivity contribution < 1.29 is 19.1 Å². The van der Waals surface area contributed by atoms with Crippen LogP contribution in [0.25, 0.3) is 10.6 Å². The van der Waals surface area contributed by atoms with Crippen LogP contribution in [0.5, 0.6) is 0 Å².